The topological polar surface area (TPSA) is 17.1 Å². The summed E-state index contributed by atoms with van der Waals surface area (Å²) in [7, 11) is -0.784. The standard InChI is InChI=1S/C4H4OS.K/c5-6-3-1-2-4-6;/h1-4H;. The molecule has 1 nitrogen and oxygen atoms in total. The Morgan fingerprint density at radius 1 is 1.14 bits per heavy atom. The Morgan fingerprint density at radius 3 is 1.71 bits per heavy atom. The first kappa shape index (κ1) is 8.27. The van der Waals surface area contributed by atoms with E-state index in [1.165, 1.54) is 0 Å². The van der Waals surface area contributed by atoms with Crippen molar-refractivity contribution < 1.29 is 4.21 Å². The van der Waals surface area contributed by atoms with Gasteiger partial charge < -0.3 is 0 Å². The van der Waals surface area contributed by atoms with Crippen molar-refractivity contribution in [2.45, 2.75) is 0 Å². The minimum atomic E-state index is -0.784. The maximum atomic E-state index is 10.2. The first-order valence-corrected chi connectivity index (χ1v) is 2.91. The van der Waals surface area contributed by atoms with Gasteiger partial charge in [-0.25, -0.2) is 0 Å². The second-order valence-corrected chi connectivity index (χ2v) is 2.19. The van der Waals surface area contributed by atoms with Gasteiger partial charge in [0.2, 0.25) is 0 Å². The molecule has 3 heteroatoms. The van der Waals surface area contributed by atoms with Gasteiger partial charge >= 0.3 is 0 Å². The molecule has 0 aliphatic carbocycles. The fourth-order valence-corrected chi connectivity index (χ4v) is 0.873. The second kappa shape index (κ2) is 4.18. The van der Waals surface area contributed by atoms with Crippen LogP contribution in [0.3, 0.4) is 0 Å². The molecule has 0 unspecified atom stereocenters. The van der Waals surface area contributed by atoms with Gasteiger partial charge in [-0.15, -0.1) is 0 Å². The van der Waals surface area contributed by atoms with Crippen molar-refractivity contribution in [3.8, 4) is 0 Å². The van der Waals surface area contributed by atoms with Crippen LogP contribution in [0.2, 0.25) is 0 Å². The van der Waals surface area contributed by atoms with Crippen molar-refractivity contribution >= 4 is 62.2 Å². The Morgan fingerprint density at radius 2 is 1.57 bits per heavy atom. The normalized spacial score (nSPS) is 17.1. The number of hydrogen-bond donors (Lipinski definition) is 0. The maximum absolute atomic E-state index is 10.2. The molecule has 1 radical (unpaired) electrons. The van der Waals surface area contributed by atoms with Crippen LogP contribution in [-0.4, -0.2) is 55.6 Å². The van der Waals surface area contributed by atoms with Gasteiger partial charge in [-0.1, -0.05) is 12.2 Å². The van der Waals surface area contributed by atoms with E-state index in [0.29, 0.717) is 0 Å². The summed E-state index contributed by atoms with van der Waals surface area (Å²) in [5, 5.41) is 3.28. The van der Waals surface area contributed by atoms with Crippen molar-refractivity contribution in [3.63, 3.8) is 0 Å². The van der Waals surface area contributed by atoms with E-state index in [2.05, 4.69) is 0 Å². The van der Waals surface area contributed by atoms with Crippen LogP contribution in [-0.2, 0) is 10.8 Å². The van der Waals surface area contributed by atoms with Gasteiger partial charge in [0.25, 0.3) is 0 Å². The predicted molar refractivity (Wildman–Crippen MR) is 32.2 cm³/mol. The van der Waals surface area contributed by atoms with Gasteiger partial charge in [-0.2, -0.15) is 0 Å². The molecule has 0 N–H and O–H groups in total. The van der Waals surface area contributed by atoms with E-state index in [9.17, 15) is 4.21 Å². The average molecular weight is 139 g/mol. The SMILES string of the molecule is O=S1C=CC=C1.[K]. The van der Waals surface area contributed by atoms with Gasteiger partial charge in [-0.05, 0) is 0 Å². The summed E-state index contributed by atoms with van der Waals surface area (Å²) >= 11 is 0. The summed E-state index contributed by atoms with van der Waals surface area (Å²) < 4.78 is 10.2. The average Bonchev–Trinajstić information content (AvgIpc) is 1.86. The quantitative estimate of drug-likeness (QED) is 0.444. The van der Waals surface area contributed by atoms with Gasteiger partial charge in [0.1, 0.15) is 0 Å². The van der Waals surface area contributed by atoms with Crippen LogP contribution in [0.15, 0.2) is 23.0 Å². The van der Waals surface area contributed by atoms with Crippen molar-refractivity contribution in [2.75, 3.05) is 0 Å². The fourth-order valence-electron chi connectivity index (χ4n) is 0.291. The monoisotopic (exact) mass is 139 g/mol. The van der Waals surface area contributed by atoms with Crippen LogP contribution in [0.5, 0.6) is 0 Å². The maximum Gasteiger partial charge on any atom is 0.0702 e. The smallest absolute Gasteiger partial charge is 0.0702 e. The van der Waals surface area contributed by atoms with Crippen molar-refractivity contribution in [1.29, 1.82) is 0 Å². The zero-order valence-electron chi connectivity index (χ0n) is 4.13. The summed E-state index contributed by atoms with van der Waals surface area (Å²) in [6, 6.07) is 0. The predicted octanol–water partition coefficient (Wildman–Crippen LogP) is 0.395. The molecule has 0 saturated heterocycles. The minimum absolute atomic E-state index is 0. The minimum Gasteiger partial charge on any atom is -0.250 e. The van der Waals surface area contributed by atoms with Gasteiger partial charge in [0.15, 0.2) is 0 Å². The Bertz CT molecular complexity index is 114. The molecule has 0 fully saturated rings. The second-order valence-electron chi connectivity index (χ2n) is 0.986. The molecule has 0 spiro atoms. The summed E-state index contributed by atoms with van der Waals surface area (Å²) in [6.07, 6.45) is 3.55. The zero-order chi connectivity index (χ0) is 4.41. The molecule has 0 aromatic rings. The third-order valence-corrected chi connectivity index (χ3v) is 1.39. The van der Waals surface area contributed by atoms with Crippen LogP contribution in [0, 0.1) is 0 Å². The van der Waals surface area contributed by atoms with Crippen molar-refractivity contribution in [2.24, 2.45) is 0 Å². The molecule has 1 rings (SSSR count). The summed E-state index contributed by atoms with van der Waals surface area (Å²) in [6.45, 7) is 0. The number of allylic oxidation sites excluding steroid dienone is 2. The van der Waals surface area contributed by atoms with Gasteiger partial charge in [-0.3, -0.25) is 4.21 Å². The summed E-state index contributed by atoms with van der Waals surface area (Å²) in [5.74, 6) is 0. The van der Waals surface area contributed by atoms with Crippen LogP contribution in [0.4, 0.5) is 0 Å². The van der Waals surface area contributed by atoms with E-state index in [0.717, 1.165) is 0 Å². The van der Waals surface area contributed by atoms with Crippen molar-refractivity contribution in [1.82, 2.24) is 0 Å². The molecule has 0 atom stereocenters. The Balaban J connectivity index is 0.000000360. The number of rotatable bonds is 0. The molecular weight excluding hydrogens is 135 g/mol. The molecule has 0 saturated carbocycles. The van der Waals surface area contributed by atoms with Crippen molar-refractivity contribution in [3.05, 3.63) is 23.0 Å². The molecular formula is C4H4KOS. The Hall–Kier alpha value is 1.27. The molecule has 0 amide bonds. The van der Waals surface area contributed by atoms with E-state index >= 15 is 0 Å². The summed E-state index contributed by atoms with van der Waals surface area (Å²) in [4.78, 5) is 0. The van der Waals surface area contributed by atoms with Crippen LogP contribution in [0.1, 0.15) is 0 Å². The molecule has 0 aromatic carbocycles. The molecule has 33 valence electrons. The third kappa shape index (κ3) is 2.95. The first-order valence-electron chi connectivity index (χ1n) is 1.64. The fraction of sp³-hybridized carbons (Fsp3) is 0. The van der Waals surface area contributed by atoms with E-state index < -0.39 is 10.8 Å². The van der Waals surface area contributed by atoms with E-state index in [-0.39, 0.29) is 51.4 Å². The van der Waals surface area contributed by atoms with Crippen LogP contribution >= 0.6 is 0 Å². The van der Waals surface area contributed by atoms with Crippen LogP contribution < -0.4 is 0 Å². The molecule has 1 aliphatic rings. The van der Waals surface area contributed by atoms with E-state index in [1.54, 1.807) is 23.0 Å². The Kier molecular flexibility index (Phi) is 4.93. The van der Waals surface area contributed by atoms with E-state index in [4.69, 9.17) is 0 Å². The summed E-state index contributed by atoms with van der Waals surface area (Å²) in [5.41, 5.74) is 0. The molecule has 7 heavy (non-hydrogen) atoms. The van der Waals surface area contributed by atoms with Crippen LogP contribution in [0.25, 0.3) is 0 Å². The van der Waals surface area contributed by atoms with Gasteiger partial charge in [0, 0.05) is 62.2 Å². The number of hydrogen-bond acceptors (Lipinski definition) is 1. The molecule has 1 heterocycles. The third-order valence-electron chi connectivity index (χ3n) is 0.536. The van der Waals surface area contributed by atoms with E-state index in [1.807, 2.05) is 0 Å². The molecule has 1 aliphatic heterocycles. The molecule has 0 aromatic heterocycles. The zero-order valence-corrected chi connectivity index (χ0v) is 8.07. The molecule has 0 bridgehead atoms. The van der Waals surface area contributed by atoms with Gasteiger partial charge in [0.05, 0.1) is 10.8 Å². The largest absolute Gasteiger partial charge is 0.250 e. The Labute approximate surface area is 87.7 Å². The first-order chi connectivity index (χ1) is 2.89.